The third-order valence-corrected chi connectivity index (χ3v) is 2.42. The third kappa shape index (κ3) is 11.2. The van der Waals surface area contributed by atoms with Crippen LogP contribution in [0.3, 0.4) is 0 Å². The van der Waals surface area contributed by atoms with Gasteiger partial charge < -0.3 is 16.4 Å². The van der Waals surface area contributed by atoms with Crippen molar-refractivity contribution in [2.24, 2.45) is 5.73 Å². The van der Waals surface area contributed by atoms with Crippen LogP contribution in [0.5, 0.6) is 0 Å². The van der Waals surface area contributed by atoms with Gasteiger partial charge >= 0.3 is 0 Å². The number of nitrogens with one attached hydrogen (secondary N) is 2. The molecule has 0 fully saturated rings. The highest BCUT2D eigenvalue weighted by Crippen LogP contribution is 2.03. The molecule has 0 aliphatic carbocycles. The topological polar surface area (TPSA) is 67.2 Å². The standard InChI is InChI=1S/C11H23N3OS/c1-2-3-4-5-6-7-8-13-10(15)9-14-11(12)16/h2-9H2,1H3,(H,13,15)(H3,12,14,16). The molecule has 4 nitrogen and oxygen atoms in total. The zero-order chi connectivity index (χ0) is 12.2. The highest BCUT2D eigenvalue weighted by Gasteiger charge is 1.99. The zero-order valence-electron chi connectivity index (χ0n) is 10.1. The Morgan fingerprint density at radius 1 is 1.12 bits per heavy atom. The Morgan fingerprint density at radius 3 is 2.38 bits per heavy atom. The maximum atomic E-state index is 11.2. The molecule has 0 spiro atoms. The summed E-state index contributed by atoms with van der Waals surface area (Å²) >= 11 is 4.60. The smallest absolute Gasteiger partial charge is 0.239 e. The van der Waals surface area contributed by atoms with Crippen molar-refractivity contribution in [1.82, 2.24) is 10.6 Å². The maximum absolute atomic E-state index is 11.2. The molecule has 0 rings (SSSR count). The van der Waals surface area contributed by atoms with E-state index >= 15 is 0 Å². The average molecular weight is 245 g/mol. The molecule has 16 heavy (non-hydrogen) atoms. The Kier molecular flexibility index (Phi) is 10.1. The van der Waals surface area contributed by atoms with E-state index in [2.05, 4.69) is 29.8 Å². The molecule has 0 aliphatic rings. The molecular weight excluding hydrogens is 222 g/mol. The van der Waals surface area contributed by atoms with E-state index in [-0.39, 0.29) is 17.6 Å². The molecule has 4 N–H and O–H groups in total. The van der Waals surface area contributed by atoms with Crippen LogP contribution in [0.1, 0.15) is 45.4 Å². The Hall–Kier alpha value is -0.840. The summed E-state index contributed by atoms with van der Waals surface area (Å²) in [7, 11) is 0. The summed E-state index contributed by atoms with van der Waals surface area (Å²) < 4.78 is 0. The summed E-state index contributed by atoms with van der Waals surface area (Å²) in [4.78, 5) is 11.2. The van der Waals surface area contributed by atoms with Gasteiger partial charge in [0.2, 0.25) is 5.91 Å². The van der Waals surface area contributed by atoms with Gasteiger partial charge in [-0.1, -0.05) is 39.0 Å². The first-order chi connectivity index (χ1) is 7.66. The number of nitrogens with two attached hydrogens (primary N) is 1. The number of unbranched alkanes of at least 4 members (excludes halogenated alkanes) is 5. The fourth-order valence-corrected chi connectivity index (χ4v) is 1.44. The van der Waals surface area contributed by atoms with E-state index in [0.29, 0.717) is 0 Å². The van der Waals surface area contributed by atoms with Crippen LogP contribution in [0.4, 0.5) is 0 Å². The molecule has 0 saturated heterocycles. The van der Waals surface area contributed by atoms with E-state index < -0.39 is 0 Å². The second-order valence-corrected chi connectivity index (χ2v) is 4.28. The van der Waals surface area contributed by atoms with Gasteiger partial charge in [-0.05, 0) is 18.6 Å². The summed E-state index contributed by atoms with van der Waals surface area (Å²) in [5, 5.41) is 5.59. The molecule has 5 heteroatoms. The van der Waals surface area contributed by atoms with E-state index in [0.717, 1.165) is 13.0 Å². The highest BCUT2D eigenvalue weighted by atomic mass is 32.1. The molecule has 94 valence electrons. The second kappa shape index (κ2) is 10.7. The quantitative estimate of drug-likeness (QED) is 0.423. The number of amides is 1. The predicted octanol–water partition coefficient (Wildman–Crippen LogP) is 1.30. The van der Waals surface area contributed by atoms with Crippen LogP contribution < -0.4 is 16.4 Å². The lowest BCUT2D eigenvalue weighted by Gasteiger charge is -2.06. The van der Waals surface area contributed by atoms with Crippen LogP contribution in [0.2, 0.25) is 0 Å². The maximum Gasteiger partial charge on any atom is 0.239 e. The number of rotatable bonds is 9. The third-order valence-electron chi connectivity index (χ3n) is 2.28. The van der Waals surface area contributed by atoms with Crippen molar-refractivity contribution in [1.29, 1.82) is 0 Å². The Labute approximate surface area is 103 Å². The minimum Gasteiger partial charge on any atom is -0.376 e. The molecule has 0 atom stereocenters. The largest absolute Gasteiger partial charge is 0.376 e. The first kappa shape index (κ1) is 15.2. The lowest BCUT2D eigenvalue weighted by atomic mass is 10.1. The van der Waals surface area contributed by atoms with Crippen LogP contribution in [-0.2, 0) is 4.79 Å². The van der Waals surface area contributed by atoms with E-state index in [4.69, 9.17) is 5.73 Å². The second-order valence-electron chi connectivity index (χ2n) is 3.84. The van der Waals surface area contributed by atoms with Crippen molar-refractivity contribution < 1.29 is 4.79 Å². The van der Waals surface area contributed by atoms with E-state index in [1.54, 1.807) is 0 Å². The first-order valence-corrected chi connectivity index (χ1v) is 6.37. The van der Waals surface area contributed by atoms with Gasteiger partial charge in [0.05, 0.1) is 6.54 Å². The van der Waals surface area contributed by atoms with Crippen LogP contribution in [0.25, 0.3) is 0 Å². The van der Waals surface area contributed by atoms with Gasteiger partial charge in [-0.25, -0.2) is 0 Å². The van der Waals surface area contributed by atoms with Crippen molar-refractivity contribution in [2.45, 2.75) is 45.4 Å². The lowest BCUT2D eigenvalue weighted by Crippen LogP contribution is -2.39. The van der Waals surface area contributed by atoms with Crippen molar-refractivity contribution in [3.05, 3.63) is 0 Å². The summed E-state index contributed by atoms with van der Waals surface area (Å²) in [6.07, 6.45) is 7.36. The number of hydrogen-bond donors (Lipinski definition) is 3. The van der Waals surface area contributed by atoms with Gasteiger partial charge in [-0.3, -0.25) is 4.79 Å². The summed E-state index contributed by atoms with van der Waals surface area (Å²) in [6.45, 7) is 3.12. The Morgan fingerprint density at radius 2 is 1.75 bits per heavy atom. The van der Waals surface area contributed by atoms with Crippen molar-refractivity contribution in [3.8, 4) is 0 Å². The van der Waals surface area contributed by atoms with Crippen LogP contribution in [0, 0.1) is 0 Å². The molecule has 1 amide bonds. The van der Waals surface area contributed by atoms with Crippen molar-refractivity contribution >= 4 is 23.2 Å². The molecule has 0 aromatic carbocycles. The van der Waals surface area contributed by atoms with E-state index in [1.165, 1.54) is 32.1 Å². The molecule has 0 aliphatic heterocycles. The number of carbonyl (C=O) groups is 1. The Bertz CT molecular complexity index is 209. The molecule has 0 radical (unpaired) electrons. The van der Waals surface area contributed by atoms with E-state index in [9.17, 15) is 4.79 Å². The predicted molar refractivity (Wildman–Crippen MR) is 71.2 cm³/mol. The van der Waals surface area contributed by atoms with Gasteiger partial charge in [0, 0.05) is 6.54 Å². The Balaban J connectivity index is 3.18. The van der Waals surface area contributed by atoms with Gasteiger partial charge in [-0.2, -0.15) is 0 Å². The summed E-state index contributed by atoms with van der Waals surface area (Å²) in [5.41, 5.74) is 5.20. The first-order valence-electron chi connectivity index (χ1n) is 5.96. The van der Waals surface area contributed by atoms with Crippen molar-refractivity contribution in [2.75, 3.05) is 13.1 Å². The normalized spacial score (nSPS) is 9.81. The molecule has 0 unspecified atom stereocenters. The van der Waals surface area contributed by atoms with Gasteiger partial charge in [0.25, 0.3) is 0 Å². The van der Waals surface area contributed by atoms with Crippen LogP contribution in [0.15, 0.2) is 0 Å². The SMILES string of the molecule is CCCCCCCCNC(=O)CNC(N)=S. The molecule has 0 aromatic rings. The van der Waals surface area contributed by atoms with Gasteiger partial charge in [0.15, 0.2) is 5.11 Å². The fraction of sp³-hybridized carbons (Fsp3) is 0.818. The monoisotopic (exact) mass is 245 g/mol. The summed E-state index contributed by atoms with van der Waals surface area (Å²) in [6, 6.07) is 0. The van der Waals surface area contributed by atoms with Gasteiger partial charge in [0.1, 0.15) is 0 Å². The van der Waals surface area contributed by atoms with Crippen molar-refractivity contribution in [3.63, 3.8) is 0 Å². The number of thiocarbonyl (C=S) groups is 1. The lowest BCUT2D eigenvalue weighted by molar-refractivity contribution is -0.120. The zero-order valence-corrected chi connectivity index (χ0v) is 10.9. The minimum atomic E-state index is -0.0543. The molecule has 0 heterocycles. The summed E-state index contributed by atoms with van der Waals surface area (Å²) in [5.74, 6) is -0.0543. The molecule has 0 saturated carbocycles. The van der Waals surface area contributed by atoms with Crippen LogP contribution in [-0.4, -0.2) is 24.1 Å². The number of carbonyl (C=O) groups excluding carboxylic acids is 1. The minimum absolute atomic E-state index is 0.0543. The van der Waals surface area contributed by atoms with Gasteiger partial charge in [-0.15, -0.1) is 0 Å². The molecular formula is C11H23N3OS. The number of hydrogen-bond acceptors (Lipinski definition) is 2. The van der Waals surface area contributed by atoms with Crippen LogP contribution >= 0.6 is 12.2 Å². The highest BCUT2D eigenvalue weighted by molar-refractivity contribution is 7.80. The molecule has 0 bridgehead atoms. The van der Waals surface area contributed by atoms with E-state index in [1.807, 2.05) is 0 Å². The average Bonchev–Trinajstić information content (AvgIpc) is 2.25. The molecule has 0 aromatic heterocycles. The fourth-order valence-electron chi connectivity index (χ4n) is 1.36.